The fourth-order valence-corrected chi connectivity index (χ4v) is 2.85. The molecule has 0 N–H and O–H groups in total. The van der Waals surface area contributed by atoms with Crippen LogP contribution in [0.15, 0.2) is 42.7 Å². The normalized spacial score (nSPS) is 11.0. The van der Waals surface area contributed by atoms with E-state index in [0.29, 0.717) is 0 Å². The molecule has 3 aromatic rings. The SMILES string of the molecule is CCCCc1c(C)ccn2cc(-c3ccccc3OC)nc12. The summed E-state index contributed by atoms with van der Waals surface area (Å²) in [5.41, 5.74) is 5.73. The molecule has 0 aliphatic heterocycles. The van der Waals surface area contributed by atoms with Gasteiger partial charge in [0.15, 0.2) is 0 Å². The number of hydrogen-bond acceptors (Lipinski definition) is 2. The molecule has 0 saturated heterocycles. The van der Waals surface area contributed by atoms with E-state index in [9.17, 15) is 0 Å². The van der Waals surface area contributed by atoms with Crippen molar-refractivity contribution in [3.8, 4) is 17.0 Å². The van der Waals surface area contributed by atoms with Crippen molar-refractivity contribution < 1.29 is 4.74 Å². The van der Waals surface area contributed by atoms with E-state index >= 15 is 0 Å². The second-order valence-corrected chi connectivity index (χ2v) is 5.64. The van der Waals surface area contributed by atoms with Gasteiger partial charge in [0.05, 0.1) is 12.8 Å². The van der Waals surface area contributed by atoms with Gasteiger partial charge in [0.1, 0.15) is 11.4 Å². The minimum atomic E-state index is 0.859. The van der Waals surface area contributed by atoms with Crippen LogP contribution in [0.1, 0.15) is 30.9 Å². The Morgan fingerprint density at radius 2 is 2.00 bits per heavy atom. The first-order valence-electron chi connectivity index (χ1n) is 7.85. The third-order valence-corrected chi connectivity index (χ3v) is 4.13. The Morgan fingerprint density at radius 1 is 1.18 bits per heavy atom. The lowest BCUT2D eigenvalue weighted by Gasteiger charge is -2.06. The van der Waals surface area contributed by atoms with E-state index in [-0.39, 0.29) is 0 Å². The maximum Gasteiger partial charge on any atom is 0.140 e. The quantitative estimate of drug-likeness (QED) is 0.684. The minimum absolute atomic E-state index is 0.859. The van der Waals surface area contributed by atoms with Gasteiger partial charge in [-0.1, -0.05) is 25.5 Å². The lowest BCUT2D eigenvalue weighted by Crippen LogP contribution is -1.95. The number of unbranched alkanes of at least 4 members (excludes halogenated alkanes) is 1. The van der Waals surface area contributed by atoms with Crippen molar-refractivity contribution in [3.05, 3.63) is 53.9 Å². The molecule has 3 nitrogen and oxygen atoms in total. The number of benzene rings is 1. The van der Waals surface area contributed by atoms with Crippen molar-refractivity contribution >= 4 is 5.65 Å². The topological polar surface area (TPSA) is 26.5 Å². The molecular weight excluding hydrogens is 272 g/mol. The average Bonchev–Trinajstić information content (AvgIpc) is 2.98. The number of aromatic nitrogens is 2. The van der Waals surface area contributed by atoms with Crippen molar-refractivity contribution in [2.24, 2.45) is 0 Å². The summed E-state index contributed by atoms with van der Waals surface area (Å²) < 4.78 is 7.59. The second kappa shape index (κ2) is 6.22. The van der Waals surface area contributed by atoms with Gasteiger partial charge >= 0.3 is 0 Å². The zero-order valence-electron chi connectivity index (χ0n) is 13.5. The molecule has 0 amide bonds. The van der Waals surface area contributed by atoms with E-state index in [1.807, 2.05) is 18.2 Å². The smallest absolute Gasteiger partial charge is 0.140 e. The molecule has 22 heavy (non-hydrogen) atoms. The summed E-state index contributed by atoms with van der Waals surface area (Å²) in [6.45, 7) is 4.39. The zero-order chi connectivity index (χ0) is 15.5. The highest BCUT2D eigenvalue weighted by Gasteiger charge is 2.12. The van der Waals surface area contributed by atoms with Crippen molar-refractivity contribution in [2.45, 2.75) is 33.1 Å². The van der Waals surface area contributed by atoms with E-state index in [1.165, 1.54) is 24.0 Å². The molecule has 3 heteroatoms. The zero-order valence-corrected chi connectivity index (χ0v) is 13.5. The second-order valence-electron chi connectivity index (χ2n) is 5.64. The number of ether oxygens (including phenoxy) is 1. The monoisotopic (exact) mass is 294 g/mol. The molecule has 0 spiro atoms. The summed E-state index contributed by atoms with van der Waals surface area (Å²) in [4.78, 5) is 4.89. The fraction of sp³-hybridized carbons (Fsp3) is 0.316. The first-order valence-corrected chi connectivity index (χ1v) is 7.85. The molecule has 0 aliphatic carbocycles. The highest BCUT2D eigenvalue weighted by molar-refractivity contribution is 5.70. The summed E-state index contributed by atoms with van der Waals surface area (Å²) in [6, 6.07) is 10.2. The maximum absolute atomic E-state index is 5.47. The Hall–Kier alpha value is -2.29. The molecule has 2 heterocycles. The fourth-order valence-electron chi connectivity index (χ4n) is 2.85. The first kappa shape index (κ1) is 14.6. The van der Waals surface area contributed by atoms with E-state index in [1.54, 1.807) is 7.11 Å². The number of pyridine rings is 1. The number of imidazole rings is 1. The molecule has 0 aliphatic rings. The standard InChI is InChI=1S/C19H22N2O/c1-4-5-8-15-14(2)11-12-21-13-17(20-19(15)21)16-9-6-7-10-18(16)22-3/h6-7,9-13H,4-5,8H2,1-3H3. The molecule has 0 bridgehead atoms. The Labute approximate surface area is 131 Å². The van der Waals surface area contributed by atoms with Gasteiger partial charge in [0, 0.05) is 18.0 Å². The predicted molar refractivity (Wildman–Crippen MR) is 90.5 cm³/mol. The Kier molecular flexibility index (Phi) is 4.14. The molecule has 0 atom stereocenters. The van der Waals surface area contributed by atoms with Crippen molar-refractivity contribution in [2.75, 3.05) is 7.11 Å². The van der Waals surface area contributed by atoms with Crippen LogP contribution in [0.2, 0.25) is 0 Å². The molecule has 0 saturated carbocycles. The third kappa shape index (κ3) is 2.59. The van der Waals surface area contributed by atoms with Crippen LogP contribution >= 0.6 is 0 Å². The highest BCUT2D eigenvalue weighted by Crippen LogP contribution is 2.30. The molecule has 2 aromatic heterocycles. The number of para-hydroxylation sites is 1. The first-order chi connectivity index (χ1) is 10.7. The molecule has 0 radical (unpaired) electrons. The van der Waals surface area contributed by atoms with Crippen LogP contribution in [-0.2, 0) is 6.42 Å². The molecular formula is C19H22N2O. The molecule has 0 fully saturated rings. The van der Waals surface area contributed by atoms with Crippen LogP contribution in [0.5, 0.6) is 5.75 Å². The Bertz CT molecular complexity index is 789. The van der Waals surface area contributed by atoms with Gasteiger partial charge in [-0.2, -0.15) is 0 Å². The van der Waals surface area contributed by atoms with Gasteiger partial charge in [-0.3, -0.25) is 0 Å². The maximum atomic E-state index is 5.47. The summed E-state index contributed by atoms with van der Waals surface area (Å²) in [5, 5.41) is 0. The van der Waals surface area contributed by atoms with Gasteiger partial charge in [0.2, 0.25) is 0 Å². The van der Waals surface area contributed by atoms with E-state index in [0.717, 1.165) is 29.1 Å². The minimum Gasteiger partial charge on any atom is -0.496 e. The predicted octanol–water partition coefficient (Wildman–Crippen LogP) is 4.66. The van der Waals surface area contributed by atoms with E-state index in [4.69, 9.17) is 9.72 Å². The van der Waals surface area contributed by atoms with Crippen molar-refractivity contribution in [3.63, 3.8) is 0 Å². The number of fused-ring (bicyclic) bond motifs is 1. The Balaban J connectivity index is 2.13. The van der Waals surface area contributed by atoms with Gasteiger partial charge in [-0.25, -0.2) is 4.98 Å². The summed E-state index contributed by atoms with van der Waals surface area (Å²) in [5.74, 6) is 0.859. The van der Waals surface area contributed by atoms with Gasteiger partial charge in [-0.05, 0) is 49.1 Å². The molecule has 0 unspecified atom stereocenters. The number of aryl methyl sites for hydroxylation is 2. The van der Waals surface area contributed by atoms with Crippen LogP contribution in [0.4, 0.5) is 0 Å². The lowest BCUT2D eigenvalue weighted by molar-refractivity contribution is 0.416. The summed E-state index contributed by atoms with van der Waals surface area (Å²) >= 11 is 0. The van der Waals surface area contributed by atoms with Gasteiger partial charge < -0.3 is 9.14 Å². The average molecular weight is 294 g/mol. The number of rotatable bonds is 5. The van der Waals surface area contributed by atoms with Crippen LogP contribution in [0.25, 0.3) is 16.9 Å². The van der Waals surface area contributed by atoms with Gasteiger partial charge in [-0.15, -0.1) is 0 Å². The molecule has 1 aromatic carbocycles. The number of hydrogen-bond donors (Lipinski definition) is 0. The van der Waals surface area contributed by atoms with E-state index < -0.39 is 0 Å². The molecule has 3 rings (SSSR count). The van der Waals surface area contributed by atoms with E-state index in [2.05, 4.69) is 42.8 Å². The van der Waals surface area contributed by atoms with Crippen molar-refractivity contribution in [1.29, 1.82) is 0 Å². The summed E-state index contributed by atoms with van der Waals surface area (Å²) in [7, 11) is 1.70. The largest absolute Gasteiger partial charge is 0.496 e. The van der Waals surface area contributed by atoms with Crippen LogP contribution in [0, 0.1) is 6.92 Å². The van der Waals surface area contributed by atoms with Crippen LogP contribution in [-0.4, -0.2) is 16.5 Å². The van der Waals surface area contributed by atoms with Gasteiger partial charge in [0.25, 0.3) is 0 Å². The third-order valence-electron chi connectivity index (χ3n) is 4.13. The number of methoxy groups -OCH3 is 1. The van der Waals surface area contributed by atoms with Crippen LogP contribution in [0.3, 0.4) is 0 Å². The number of nitrogens with zero attached hydrogens (tertiary/aromatic N) is 2. The summed E-state index contributed by atoms with van der Waals surface area (Å²) in [6.07, 6.45) is 7.64. The highest BCUT2D eigenvalue weighted by atomic mass is 16.5. The van der Waals surface area contributed by atoms with Crippen LogP contribution < -0.4 is 4.74 Å². The lowest BCUT2D eigenvalue weighted by atomic mass is 10.1. The Morgan fingerprint density at radius 3 is 2.77 bits per heavy atom. The molecule has 114 valence electrons. The van der Waals surface area contributed by atoms with Crippen molar-refractivity contribution in [1.82, 2.24) is 9.38 Å².